The summed E-state index contributed by atoms with van der Waals surface area (Å²) in [5, 5.41) is 3.53. The van der Waals surface area contributed by atoms with Gasteiger partial charge in [0.25, 0.3) is 0 Å². The molecule has 3 heteroatoms. The fourth-order valence-electron chi connectivity index (χ4n) is 2.92. The Hall–Kier alpha value is -1.06. The zero-order chi connectivity index (χ0) is 12.4. The van der Waals surface area contributed by atoms with Gasteiger partial charge in [-0.3, -0.25) is 0 Å². The van der Waals surface area contributed by atoms with E-state index in [9.17, 15) is 0 Å². The zero-order valence-electron chi connectivity index (χ0n) is 10.9. The van der Waals surface area contributed by atoms with Gasteiger partial charge < -0.3 is 14.8 Å². The molecule has 1 fully saturated rings. The lowest BCUT2D eigenvalue weighted by atomic mass is 10.1. The first-order valence-corrected chi connectivity index (χ1v) is 6.97. The van der Waals surface area contributed by atoms with Crippen LogP contribution in [-0.2, 0) is 11.2 Å². The molecule has 0 aromatic heterocycles. The van der Waals surface area contributed by atoms with Crippen molar-refractivity contribution in [2.45, 2.75) is 38.3 Å². The van der Waals surface area contributed by atoms with E-state index >= 15 is 0 Å². The molecule has 2 unspecified atom stereocenters. The topological polar surface area (TPSA) is 30.5 Å². The number of aryl methyl sites for hydroxylation is 1. The highest BCUT2D eigenvalue weighted by atomic mass is 16.5. The minimum atomic E-state index is 0.244. The number of rotatable bonds is 4. The van der Waals surface area contributed by atoms with Crippen molar-refractivity contribution in [1.82, 2.24) is 5.32 Å². The summed E-state index contributed by atoms with van der Waals surface area (Å²) in [6.07, 6.45) is 3.62. The summed E-state index contributed by atoms with van der Waals surface area (Å²) in [6.45, 7) is 4.76. The second-order valence-electron chi connectivity index (χ2n) is 5.11. The van der Waals surface area contributed by atoms with Crippen molar-refractivity contribution in [3.05, 3.63) is 29.3 Å². The minimum Gasteiger partial charge on any atom is -0.488 e. The summed E-state index contributed by atoms with van der Waals surface area (Å²) in [7, 11) is 0. The Morgan fingerprint density at radius 1 is 1.39 bits per heavy atom. The third kappa shape index (κ3) is 2.38. The van der Waals surface area contributed by atoms with Gasteiger partial charge in [-0.15, -0.1) is 0 Å². The number of hydrogen-bond donors (Lipinski definition) is 1. The maximum Gasteiger partial charge on any atom is 0.124 e. The van der Waals surface area contributed by atoms with Gasteiger partial charge in [-0.1, -0.05) is 13.0 Å². The van der Waals surface area contributed by atoms with Gasteiger partial charge in [-0.2, -0.15) is 0 Å². The van der Waals surface area contributed by atoms with Gasteiger partial charge in [-0.25, -0.2) is 0 Å². The van der Waals surface area contributed by atoms with Crippen LogP contribution in [0.15, 0.2) is 18.2 Å². The molecule has 2 aliphatic rings. The zero-order valence-corrected chi connectivity index (χ0v) is 10.9. The van der Waals surface area contributed by atoms with Crippen LogP contribution in [0, 0.1) is 0 Å². The second kappa shape index (κ2) is 5.29. The highest BCUT2D eigenvalue weighted by molar-refractivity contribution is 5.40. The smallest absolute Gasteiger partial charge is 0.124 e. The minimum absolute atomic E-state index is 0.244. The predicted octanol–water partition coefficient (Wildman–Crippen LogP) is 2.45. The van der Waals surface area contributed by atoms with Crippen molar-refractivity contribution in [2.24, 2.45) is 0 Å². The summed E-state index contributed by atoms with van der Waals surface area (Å²) in [5.74, 6) is 1.00. The van der Waals surface area contributed by atoms with E-state index in [2.05, 4.69) is 30.4 Å². The molecular formula is C15H21NO2. The van der Waals surface area contributed by atoms with Crippen molar-refractivity contribution in [3.63, 3.8) is 0 Å². The van der Waals surface area contributed by atoms with Crippen LogP contribution in [0.4, 0.5) is 0 Å². The summed E-state index contributed by atoms with van der Waals surface area (Å²) >= 11 is 0. The number of benzene rings is 1. The van der Waals surface area contributed by atoms with Gasteiger partial charge in [0.15, 0.2) is 0 Å². The molecule has 1 aromatic carbocycles. The molecule has 2 atom stereocenters. The van der Waals surface area contributed by atoms with E-state index in [1.54, 1.807) is 0 Å². The second-order valence-corrected chi connectivity index (χ2v) is 5.11. The van der Waals surface area contributed by atoms with E-state index in [1.165, 1.54) is 17.5 Å². The molecule has 1 N–H and O–H groups in total. The molecule has 1 aromatic rings. The Bertz CT molecular complexity index is 413. The van der Waals surface area contributed by atoms with E-state index < -0.39 is 0 Å². The van der Waals surface area contributed by atoms with Crippen molar-refractivity contribution in [3.8, 4) is 5.75 Å². The molecule has 3 nitrogen and oxygen atoms in total. The molecule has 3 rings (SSSR count). The Balaban J connectivity index is 1.71. The largest absolute Gasteiger partial charge is 0.488 e. The van der Waals surface area contributed by atoms with Gasteiger partial charge in [-0.05, 0) is 42.6 Å². The maximum atomic E-state index is 5.95. The summed E-state index contributed by atoms with van der Waals surface area (Å²) in [6, 6.07) is 7.08. The standard InChI is InChI=1S/C15H21NO2/c1-2-16-15-6-3-11-9-12(4-5-14(11)15)18-13-7-8-17-10-13/h4-5,9,13,15-16H,2-3,6-8,10H2,1H3. The molecule has 1 aliphatic carbocycles. The van der Waals surface area contributed by atoms with E-state index in [-0.39, 0.29) is 6.10 Å². The first kappa shape index (κ1) is 12.0. The predicted molar refractivity (Wildman–Crippen MR) is 71.0 cm³/mol. The highest BCUT2D eigenvalue weighted by Crippen LogP contribution is 2.33. The van der Waals surface area contributed by atoms with Crippen LogP contribution in [0.3, 0.4) is 0 Å². The molecule has 98 valence electrons. The van der Waals surface area contributed by atoms with Crippen LogP contribution < -0.4 is 10.1 Å². The van der Waals surface area contributed by atoms with Gasteiger partial charge in [0.1, 0.15) is 11.9 Å². The number of fused-ring (bicyclic) bond motifs is 1. The van der Waals surface area contributed by atoms with Crippen LogP contribution >= 0.6 is 0 Å². The number of nitrogens with one attached hydrogen (secondary N) is 1. The van der Waals surface area contributed by atoms with Crippen LogP contribution in [0.5, 0.6) is 5.75 Å². The first-order chi connectivity index (χ1) is 8.86. The molecule has 1 heterocycles. The fraction of sp³-hybridized carbons (Fsp3) is 0.600. The van der Waals surface area contributed by atoms with Gasteiger partial charge in [0.2, 0.25) is 0 Å². The maximum absolute atomic E-state index is 5.95. The molecule has 18 heavy (non-hydrogen) atoms. The third-order valence-electron chi connectivity index (χ3n) is 3.83. The van der Waals surface area contributed by atoms with Gasteiger partial charge >= 0.3 is 0 Å². The quantitative estimate of drug-likeness (QED) is 0.886. The van der Waals surface area contributed by atoms with E-state index in [0.29, 0.717) is 6.04 Å². The summed E-state index contributed by atoms with van der Waals surface area (Å²) < 4.78 is 11.3. The lowest BCUT2D eigenvalue weighted by molar-refractivity contribution is 0.141. The molecule has 0 radical (unpaired) electrons. The first-order valence-electron chi connectivity index (χ1n) is 6.97. The molecule has 0 bridgehead atoms. The highest BCUT2D eigenvalue weighted by Gasteiger charge is 2.23. The van der Waals surface area contributed by atoms with E-state index in [0.717, 1.165) is 38.3 Å². The van der Waals surface area contributed by atoms with Crippen molar-refractivity contribution in [2.75, 3.05) is 19.8 Å². The molecule has 0 spiro atoms. The Kier molecular flexibility index (Phi) is 3.52. The van der Waals surface area contributed by atoms with Crippen molar-refractivity contribution >= 4 is 0 Å². The normalized spacial score (nSPS) is 26.3. The lowest BCUT2D eigenvalue weighted by Gasteiger charge is -2.15. The fourth-order valence-corrected chi connectivity index (χ4v) is 2.92. The van der Waals surface area contributed by atoms with Crippen LogP contribution in [-0.4, -0.2) is 25.9 Å². The van der Waals surface area contributed by atoms with E-state index in [4.69, 9.17) is 9.47 Å². The monoisotopic (exact) mass is 247 g/mol. The Morgan fingerprint density at radius 3 is 3.11 bits per heavy atom. The average Bonchev–Trinajstić information content (AvgIpc) is 3.00. The van der Waals surface area contributed by atoms with Crippen molar-refractivity contribution < 1.29 is 9.47 Å². The molecule has 1 aliphatic heterocycles. The third-order valence-corrected chi connectivity index (χ3v) is 3.83. The summed E-state index contributed by atoms with van der Waals surface area (Å²) in [4.78, 5) is 0. The average molecular weight is 247 g/mol. The Labute approximate surface area is 108 Å². The van der Waals surface area contributed by atoms with Gasteiger partial charge in [0, 0.05) is 12.5 Å². The molecule has 1 saturated heterocycles. The van der Waals surface area contributed by atoms with E-state index in [1.807, 2.05) is 0 Å². The number of ether oxygens (including phenoxy) is 2. The molecular weight excluding hydrogens is 226 g/mol. The lowest BCUT2D eigenvalue weighted by Crippen LogP contribution is -2.18. The molecule has 0 amide bonds. The van der Waals surface area contributed by atoms with Crippen LogP contribution in [0.1, 0.15) is 36.9 Å². The van der Waals surface area contributed by atoms with Crippen LogP contribution in [0.2, 0.25) is 0 Å². The van der Waals surface area contributed by atoms with Gasteiger partial charge in [0.05, 0.1) is 13.2 Å². The Morgan fingerprint density at radius 2 is 2.33 bits per heavy atom. The molecule has 0 saturated carbocycles. The van der Waals surface area contributed by atoms with Crippen molar-refractivity contribution in [1.29, 1.82) is 0 Å². The SMILES string of the molecule is CCNC1CCc2cc(OC3CCOC3)ccc21. The van der Waals surface area contributed by atoms with Crippen LogP contribution in [0.25, 0.3) is 0 Å². The summed E-state index contributed by atoms with van der Waals surface area (Å²) in [5.41, 5.74) is 2.89. The number of hydrogen-bond acceptors (Lipinski definition) is 3.